The maximum absolute atomic E-state index is 11.4. The van der Waals surface area contributed by atoms with Gasteiger partial charge in [0.25, 0.3) is 0 Å². The van der Waals surface area contributed by atoms with E-state index in [2.05, 4.69) is 4.94 Å². The predicted octanol–water partition coefficient (Wildman–Crippen LogP) is 1.40. The van der Waals surface area contributed by atoms with Gasteiger partial charge in [-0.25, -0.2) is 15.1 Å². The van der Waals surface area contributed by atoms with Gasteiger partial charge in [-0.2, -0.15) is 10.4 Å². The highest BCUT2D eigenvalue weighted by Gasteiger charge is 2.04. The molecule has 0 atom stereocenters. The average molecular weight is 362 g/mol. The van der Waals surface area contributed by atoms with Gasteiger partial charge in [-0.15, -0.1) is 0 Å². The van der Waals surface area contributed by atoms with E-state index in [1.165, 1.54) is 0 Å². The Morgan fingerprint density at radius 1 is 0.720 bits per heavy atom. The zero-order valence-corrected chi connectivity index (χ0v) is 14.1. The molecule has 0 radical (unpaired) electrons. The first kappa shape index (κ1) is 22.8. The molecular weight excluding hydrogens is 336 g/mol. The lowest BCUT2D eigenvalue weighted by atomic mass is 10.1. The largest absolute Gasteiger partial charge is 0.480 e. The molecule has 0 aliphatic heterocycles. The fraction of sp³-hybridized carbons (Fsp3) is 0.733. The Kier molecular flexibility index (Phi) is 14.0. The van der Waals surface area contributed by atoms with Crippen molar-refractivity contribution >= 4 is 23.8 Å². The van der Waals surface area contributed by atoms with Crippen molar-refractivity contribution in [3.8, 4) is 0 Å². The van der Waals surface area contributed by atoms with Gasteiger partial charge in [0.05, 0.1) is 0 Å². The molecule has 0 saturated heterocycles. The molecule has 144 valence electrons. The summed E-state index contributed by atoms with van der Waals surface area (Å²) in [6.45, 7) is -0.605. The Labute approximate surface area is 145 Å². The normalized spacial score (nSPS) is 10.2. The summed E-state index contributed by atoms with van der Waals surface area (Å²) in [5.41, 5.74) is 3.52. The lowest BCUT2D eigenvalue weighted by molar-refractivity contribution is -0.143. The van der Waals surface area contributed by atoms with Crippen LogP contribution in [0.15, 0.2) is 0 Å². The standard InChI is InChI=1S/C15H26N2O8/c18-12(10-24-11-14(20)21)8-6-4-2-1-3-5-7-9-13(19)16-25-17-15(22)23/h17H,1-11H2,(H,16,19)(H,20,21)(H,22,23). The van der Waals surface area contributed by atoms with Crippen molar-refractivity contribution in [1.29, 1.82) is 0 Å². The van der Waals surface area contributed by atoms with Crippen molar-refractivity contribution in [3.63, 3.8) is 0 Å². The number of carboxylic acids is 1. The second-order valence-electron chi connectivity index (χ2n) is 5.43. The van der Waals surface area contributed by atoms with Crippen molar-refractivity contribution in [3.05, 3.63) is 0 Å². The number of ketones is 1. The van der Waals surface area contributed by atoms with Crippen LogP contribution in [0.2, 0.25) is 0 Å². The van der Waals surface area contributed by atoms with E-state index >= 15 is 0 Å². The number of hydrogen-bond acceptors (Lipinski definition) is 6. The van der Waals surface area contributed by atoms with Crippen LogP contribution in [0.3, 0.4) is 0 Å². The molecule has 10 heteroatoms. The summed E-state index contributed by atoms with van der Waals surface area (Å²) in [6.07, 6.45) is 5.45. The molecule has 0 heterocycles. The smallest absolute Gasteiger partial charge is 0.430 e. The lowest BCUT2D eigenvalue weighted by Crippen LogP contribution is -2.33. The molecule has 0 rings (SSSR count). The van der Waals surface area contributed by atoms with E-state index in [1.807, 2.05) is 5.48 Å². The molecule has 2 amide bonds. The van der Waals surface area contributed by atoms with Crippen molar-refractivity contribution in [1.82, 2.24) is 11.0 Å². The minimum absolute atomic E-state index is 0.0909. The molecular formula is C15H26N2O8. The maximum atomic E-state index is 11.4. The van der Waals surface area contributed by atoms with Gasteiger partial charge < -0.3 is 14.9 Å². The van der Waals surface area contributed by atoms with Gasteiger partial charge >= 0.3 is 12.1 Å². The van der Waals surface area contributed by atoms with E-state index in [1.54, 1.807) is 5.48 Å². The summed E-state index contributed by atoms with van der Waals surface area (Å²) in [5, 5.41) is 16.6. The average Bonchev–Trinajstić information content (AvgIpc) is 2.52. The number of Topliss-reactive ketones (excluding diaryl/α,β-unsaturated/α-hetero) is 1. The second-order valence-corrected chi connectivity index (χ2v) is 5.43. The number of carbonyl (C=O) groups is 4. The number of carboxylic acid groups (broad SMARTS) is 2. The van der Waals surface area contributed by atoms with Crippen molar-refractivity contribution in [2.45, 2.75) is 57.8 Å². The molecule has 0 aromatic rings. The number of unbranched alkanes of at least 4 members (excludes halogenated alkanes) is 6. The third kappa shape index (κ3) is 18.0. The van der Waals surface area contributed by atoms with Crippen LogP contribution in [0.25, 0.3) is 0 Å². The topological polar surface area (TPSA) is 151 Å². The van der Waals surface area contributed by atoms with Crippen LogP contribution in [-0.4, -0.2) is 47.2 Å². The fourth-order valence-corrected chi connectivity index (χ4v) is 1.99. The highest BCUT2D eigenvalue weighted by atomic mass is 16.8. The van der Waals surface area contributed by atoms with Crippen LogP contribution in [0, 0.1) is 0 Å². The molecule has 4 N–H and O–H groups in total. The molecule has 0 spiro atoms. The minimum atomic E-state index is -1.39. The lowest BCUT2D eigenvalue weighted by Gasteiger charge is -2.04. The van der Waals surface area contributed by atoms with Gasteiger partial charge in [0, 0.05) is 12.8 Å². The Balaban J connectivity index is 3.30. The number of nitrogens with one attached hydrogen (secondary N) is 2. The van der Waals surface area contributed by atoms with Gasteiger partial charge in [-0.3, -0.25) is 9.59 Å². The summed E-state index contributed by atoms with van der Waals surface area (Å²) >= 11 is 0. The molecule has 0 saturated carbocycles. The van der Waals surface area contributed by atoms with E-state index in [-0.39, 0.29) is 18.8 Å². The Hall–Kier alpha value is -2.20. The number of hydrogen-bond donors (Lipinski definition) is 4. The van der Waals surface area contributed by atoms with E-state index in [9.17, 15) is 19.2 Å². The van der Waals surface area contributed by atoms with Crippen LogP contribution in [0.5, 0.6) is 0 Å². The van der Waals surface area contributed by atoms with Gasteiger partial charge in [-0.05, 0) is 12.8 Å². The van der Waals surface area contributed by atoms with E-state index in [0.717, 1.165) is 38.5 Å². The monoisotopic (exact) mass is 362 g/mol. The van der Waals surface area contributed by atoms with Crippen LogP contribution >= 0.6 is 0 Å². The zero-order valence-electron chi connectivity index (χ0n) is 14.1. The Morgan fingerprint density at radius 2 is 1.28 bits per heavy atom. The van der Waals surface area contributed by atoms with Crippen LogP contribution in [-0.2, 0) is 24.1 Å². The first-order valence-corrected chi connectivity index (χ1v) is 8.16. The first-order valence-electron chi connectivity index (χ1n) is 8.16. The van der Waals surface area contributed by atoms with Gasteiger partial charge in [0.1, 0.15) is 13.2 Å². The Bertz CT molecular complexity index is 390. The zero-order chi connectivity index (χ0) is 18.9. The number of amides is 2. The molecule has 0 aliphatic carbocycles. The van der Waals surface area contributed by atoms with Crippen LogP contribution < -0.4 is 11.0 Å². The predicted molar refractivity (Wildman–Crippen MR) is 85.4 cm³/mol. The number of ether oxygens (including phenoxy) is 1. The van der Waals surface area contributed by atoms with Crippen LogP contribution in [0.1, 0.15) is 57.8 Å². The van der Waals surface area contributed by atoms with Crippen molar-refractivity contribution < 1.29 is 39.1 Å². The molecule has 0 aromatic heterocycles. The molecule has 0 bridgehead atoms. The number of aliphatic carboxylic acids is 1. The highest BCUT2D eigenvalue weighted by molar-refractivity contribution is 5.80. The van der Waals surface area contributed by atoms with E-state index < -0.39 is 24.6 Å². The first-order chi connectivity index (χ1) is 11.9. The quantitative estimate of drug-likeness (QED) is 0.237. The summed E-state index contributed by atoms with van der Waals surface area (Å²) < 4.78 is 4.71. The third-order valence-corrected chi connectivity index (χ3v) is 3.15. The van der Waals surface area contributed by atoms with Crippen molar-refractivity contribution in [2.24, 2.45) is 0 Å². The molecule has 0 unspecified atom stereocenters. The number of carbonyl (C=O) groups excluding carboxylic acids is 2. The molecule has 10 nitrogen and oxygen atoms in total. The van der Waals surface area contributed by atoms with Gasteiger partial charge in [-0.1, -0.05) is 32.1 Å². The second kappa shape index (κ2) is 15.3. The van der Waals surface area contributed by atoms with Gasteiger partial charge in [0.2, 0.25) is 5.91 Å². The summed E-state index contributed by atoms with van der Waals surface area (Å²) in [4.78, 5) is 47.1. The molecule has 0 aliphatic rings. The van der Waals surface area contributed by atoms with Crippen LogP contribution in [0.4, 0.5) is 4.79 Å². The third-order valence-electron chi connectivity index (χ3n) is 3.15. The summed E-state index contributed by atoms with van der Waals surface area (Å²) in [5.74, 6) is -1.57. The van der Waals surface area contributed by atoms with Gasteiger partial charge in [0.15, 0.2) is 5.78 Å². The fourth-order valence-electron chi connectivity index (χ4n) is 1.99. The Morgan fingerprint density at radius 3 is 1.84 bits per heavy atom. The molecule has 25 heavy (non-hydrogen) atoms. The van der Waals surface area contributed by atoms with E-state index in [0.29, 0.717) is 12.8 Å². The molecule has 0 aromatic carbocycles. The SMILES string of the molecule is O=C(O)COCC(=O)CCCCCCCCCC(=O)NONC(=O)O. The van der Waals surface area contributed by atoms with E-state index in [4.69, 9.17) is 14.9 Å². The minimum Gasteiger partial charge on any atom is -0.480 e. The summed E-state index contributed by atoms with van der Waals surface area (Å²) in [7, 11) is 0. The number of hydroxylamine groups is 2. The van der Waals surface area contributed by atoms with Crippen molar-refractivity contribution in [2.75, 3.05) is 13.2 Å². The molecule has 0 fully saturated rings. The maximum Gasteiger partial charge on any atom is 0.430 e. The number of rotatable bonds is 16. The highest BCUT2D eigenvalue weighted by Crippen LogP contribution is 2.10. The summed E-state index contributed by atoms with van der Waals surface area (Å²) in [6, 6.07) is 0.